The Bertz CT molecular complexity index is 634. The lowest BCUT2D eigenvalue weighted by molar-refractivity contribution is -0.116. The summed E-state index contributed by atoms with van der Waals surface area (Å²) in [6, 6.07) is 0. The third kappa shape index (κ3) is 2.74. The number of primary amides is 1. The van der Waals surface area contributed by atoms with Gasteiger partial charge in [0, 0.05) is 18.1 Å². The molecule has 0 fully saturated rings. The van der Waals surface area contributed by atoms with E-state index in [1.807, 2.05) is 6.92 Å². The van der Waals surface area contributed by atoms with Crippen LogP contribution in [0.25, 0.3) is 4.96 Å². The molecule has 2 heterocycles. The Morgan fingerprint density at radius 1 is 1.55 bits per heavy atom. The largest absolute Gasteiger partial charge is 0.476 e. The molecule has 1 amide bonds. The normalized spacial score (nSPS) is 10.8. The number of carboxylic acids is 1. The van der Waals surface area contributed by atoms with Gasteiger partial charge < -0.3 is 15.7 Å². The fourth-order valence-corrected chi connectivity index (χ4v) is 2.70. The molecule has 0 aliphatic carbocycles. The lowest BCUT2D eigenvalue weighted by Crippen LogP contribution is -2.35. The number of aromatic carboxylic acids is 1. The van der Waals surface area contributed by atoms with Crippen molar-refractivity contribution in [3.63, 3.8) is 0 Å². The van der Waals surface area contributed by atoms with Crippen molar-refractivity contribution in [1.29, 1.82) is 0 Å². The number of rotatable bonds is 7. The summed E-state index contributed by atoms with van der Waals surface area (Å²) >= 11 is 1.35. The summed E-state index contributed by atoms with van der Waals surface area (Å²) in [5.41, 5.74) is 5.31. The summed E-state index contributed by atoms with van der Waals surface area (Å²) in [5.74, 6) is -1.28. The Balaban J connectivity index is 2.45. The molecule has 0 saturated heterocycles. The maximum Gasteiger partial charge on any atom is 0.356 e. The standard InChI is InChI=1S/C12H16N4O3S/c1-2-3-4-15(7-8(13)17)10-9(11(18)19)16-5-6-20-12(16)14-10/h5-6H,2-4,7H2,1H3,(H2,13,17)(H,18,19). The van der Waals surface area contributed by atoms with E-state index in [4.69, 9.17) is 5.73 Å². The minimum atomic E-state index is -1.07. The van der Waals surface area contributed by atoms with E-state index >= 15 is 0 Å². The molecule has 0 aromatic carbocycles. The lowest BCUT2D eigenvalue weighted by atomic mass is 10.3. The molecule has 0 aliphatic heterocycles. The molecule has 2 aromatic rings. The van der Waals surface area contributed by atoms with Crippen LogP contribution in [0.15, 0.2) is 11.6 Å². The van der Waals surface area contributed by atoms with Gasteiger partial charge in [-0.1, -0.05) is 13.3 Å². The Kier molecular flexibility index (Phi) is 4.23. The quantitative estimate of drug-likeness (QED) is 0.799. The van der Waals surface area contributed by atoms with Gasteiger partial charge in [0.1, 0.15) is 0 Å². The molecule has 0 unspecified atom stereocenters. The number of amides is 1. The highest BCUT2D eigenvalue weighted by Crippen LogP contribution is 2.25. The Morgan fingerprint density at radius 3 is 2.90 bits per heavy atom. The fraction of sp³-hybridized carbons (Fsp3) is 0.417. The van der Waals surface area contributed by atoms with Crippen LogP contribution in [0.4, 0.5) is 5.82 Å². The molecule has 0 spiro atoms. The van der Waals surface area contributed by atoms with E-state index in [1.165, 1.54) is 15.7 Å². The van der Waals surface area contributed by atoms with Crippen LogP contribution in [0.1, 0.15) is 30.3 Å². The first-order chi connectivity index (χ1) is 9.54. The van der Waals surface area contributed by atoms with Crippen LogP contribution in [-0.4, -0.2) is 39.5 Å². The zero-order valence-corrected chi connectivity index (χ0v) is 11.9. The fourth-order valence-electron chi connectivity index (χ4n) is 1.99. The first-order valence-electron chi connectivity index (χ1n) is 6.26. The van der Waals surface area contributed by atoms with Gasteiger partial charge in [0.05, 0.1) is 6.54 Å². The number of carbonyl (C=O) groups excluding carboxylic acids is 1. The van der Waals surface area contributed by atoms with E-state index in [1.54, 1.807) is 16.5 Å². The summed E-state index contributed by atoms with van der Waals surface area (Å²) in [6.07, 6.45) is 3.42. The molecule has 0 bridgehead atoms. The minimum absolute atomic E-state index is 0.0366. The van der Waals surface area contributed by atoms with Crippen LogP contribution in [0.5, 0.6) is 0 Å². The molecule has 8 heteroatoms. The third-order valence-corrected chi connectivity index (χ3v) is 3.63. The zero-order valence-electron chi connectivity index (χ0n) is 11.1. The van der Waals surface area contributed by atoms with E-state index in [-0.39, 0.29) is 12.2 Å². The van der Waals surface area contributed by atoms with Gasteiger partial charge in [-0.15, -0.1) is 11.3 Å². The van der Waals surface area contributed by atoms with Crippen molar-refractivity contribution in [2.45, 2.75) is 19.8 Å². The number of nitrogens with zero attached hydrogens (tertiary/aromatic N) is 3. The molecule has 108 valence electrons. The highest BCUT2D eigenvalue weighted by molar-refractivity contribution is 7.15. The second-order valence-electron chi connectivity index (χ2n) is 4.39. The topological polar surface area (TPSA) is 101 Å². The number of unbranched alkanes of at least 4 members (excludes halogenated alkanes) is 1. The second kappa shape index (κ2) is 5.91. The number of hydrogen-bond acceptors (Lipinski definition) is 5. The van der Waals surface area contributed by atoms with Crippen molar-refractivity contribution in [2.24, 2.45) is 5.73 Å². The van der Waals surface area contributed by atoms with Crippen LogP contribution in [0.2, 0.25) is 0 Å². The Morgan fingerprint density at radius 2 is 2.30 bits per heavy atom. The number of fused-ring (bicyclic) bond motifs is 1. The summed E-state index contributed by atoms with van der Waals surface area (Å²) < 4.78 is 1.52. The first-order valence-corrected chi connectivity index (χ1v) is 7.14. The van der Waals surface area contributed by atoms with Crippen molar-refractivity contribution in [1.82, 2.24) is 9.38 Å². The first kappa shape index (κ1) is 14.3. The number of nitrogens with two attached hydrogens (primary N) is 1. The van der Waals surface area contributed by atoms with Crippen molar-refractivity contribution >= 4 is 34.0 Å². The minimum Gasteiger partial charge on any atom is -0.476 e. The maximum atomic E-state index is 11.5. The predicted molar refractivity (Wildman–Crippen MR) is 76.3 cm³/mol. The van der Waals surface area contributed by atoms with Gasteiger partial charge >= 0.3 is 5.97 Å². The lowest BCUT2D eigenvalue weighted by Gasteiger charge is -2.21. The average Bonchev–Trinajstić information content (AvgIpc) is 2.92. The van der Waals surface area contributed by atoms with Gasteiger partial charge in [-0.3, -0.25) is 9.20 Å². The molecule has 0 atom stereocenters. The zero-order chi connectivity index (χ0) is 14.7. The smallest absolute Gasteiger partial charge is 0.356 e. The summed E-state index contributed by atoms with van der Waals surface area (Å²) in [5, 5.41) is 11.1. The van der Waals surface area contributed by atoms with E-state index in [0.29, 0.717) is 17.3 Å². The van der Waals surface area contributed by atoms with Gasteiger partial charge in [-0.2, -0.15) is 0 Å². The average molecular weight is 296 g/mol. The van der Waals surface area contributed by atoms with Crippen LogP contribution in [0.3, 0.4) is 0 Å². The number of carbonyl (C=O) groups is 2. The van der Waals surface area contributed by atoms with Crippen molar-refractivity contribution < 1.29 is 14.7 Å². The second-order valence-corrected chi connectivity index (χ2v) is 5.26. The molecule has 3 N–H and O–H groups in total. The van der Waals surface area contributed by atoms with Crippen LogP contribution in [-0.2, 0) is 4.79 Å². The van der Waals surface area contributed by atoms with Gasteiger partial charge in [0.2, 0.25) is 5.91 Å². The van der Waals surface area contributed by atoms with Gasteiger partial charge in [0.15, 0.2) is 16.5 Å². The molecule has 0 radical (unpaired) electrons. The van der Waals surface area contributed by atoms with E-state index in [2.05, 4.69) is 4.98 Å². The van der Waals surface area contributed by atoms with Gasteiger partial charge in [0.25, 0.3) is 0 Å². The van der Waals surface area contributed by atoms with Crippen molar-refractivity contribution in [3.8, 4) is 0 Å². The molecule has 0 aliphatic rings. The van der Waals surface area contributed by atoms with Crippen LogP contribution < -0.4 is 10.6 Å². The number of imidazole rings is 1. The number of carboxylic acid groups (broad SMARTS) is 1. The summed E-state index contributed by atoms with van der Waals surface area (Å²) in [7, 11) is 0. The van der Waals surface area contributed by atoms with Crippen molar-refractivity contribution in [3.05, 3.63) is 17.3 Å². The van der Waals surface area contributed by atoms with E-state index < -0.39 is 11.9 Å². The molecule has 0 saturated carbocycles. The third-order valence-electron chi connectivity index (χ3n) is 2.87. The molecule has 2 rings (SSSR count). The SMILES string of the molecule is CCCCN(CC(N)=O)c1nc2sccn2c1C(=O)O. The summed E-state index contributed by atoms with van der Waals surface area (Å²) in [4.78, 5) is 29.2. The predicted octanol–water partition coefficient (Wildman–Crippen LogP) is 1.19. The van der Waals surface area contributed by atoms with E-state index in [0.717, 1.165) is 12.8 Å². The van der Waals surface area contributed by atoms with Crippen molar-refractivity contribution in [2.75, 3.05) is 18.0 Å². The van der Waals surface area contributed by atoms with Crippen LogP contribution in [0, 0.1) is 0 Å². The van der Waals surface area contributed by atoms with Gasteiger partial charge in [-0.05, 0) is 6.42 Å². The molecule has 7 nitrogen and oxygen atoms in total. The monoisotopic (exact) mass is 296 g/mol. The molecule has 2 aromatic heterocycles. The number of thiazole rings is 1. The molecular formula is C12H16N4O3S. The Labute approximate surface area is 119 Å². The summed E-state index contributed by atoms with van der Waals surface area (Å²) in [6.45, 7) is 2.53. The number of aromatic nitrogens is 2. The highest BCUT2D eigenvalue weighted by Gasteiger charge is 2.24. The maximum absolute atomic E-state index is 11.5. The number of anilines is 1. The van der Waals surface area contributed by atoms with Gasteiger partial charge in [-0.25, -0.2) is 9.78 Å². The van der Waals surface area contributed by atoms with E-state index in [9.17, 15) is 14.7 Å². The molecular weight excluding hydrogens is 280 g/mol. The Hall–Kier alpha value is -2.09. The highest BCUT2D eigenvalue weighted by atomic mass is 32.1. The molecule has 20 heavy (non-hydrogen) atoms. The van der Waals surface area contributed by atoms with Crippen LogP contribution >= 0.6 is 11.3 Å². The number of hydrogen-bond donors (Lipinski definition) is 2.